The van der Waals surface area contributed by atoms with Gasteiger partial charge in [-0.1, -0.05) is 36.4 Å². The van der Waals surface area contributed by atoms with E-state index in [4.69, 9.17) is 10.5 Å². The molecule has 24 heavy (non-hydrogen) atoms. The number of nitriles is 2. The van der Waals surface area contributed by atoms with E-state index in [1.54, 1.807) is 36.4 Å². The molecule has 0 saturated heterocycles. The van der Waals surface area contributed by atoms with Gasteiger partial charge in [0.15, 0.2) is 0 Å². The molecule has 3 aromatic rings. The molecule has 2 nitrogen and oxygen atoms in total. The van der Waals surface area contributed by atoms with Crippen molar-refractivity contribution in [3.63, 3.8) is 0 Å². The Hall–Kier alpha value is -3.50. The fourth-order valence-corrected chi connectivity index (χ4v) is 2.62. The first-order valence-corrected chi connectivity index (χ1v) is 7.13. The van der Waals surface area contributed by atoms with Gasteiger partial charge in [-0.05, 0) is 35.4 Å². The predicted octanol–water partition coefficient (Wildman–Crippen LogP) is 5.04. The predicted molar refractivity (Wildman–Crippen MR) is 86.7 cm³/mol. The first kappa shape index (κ1) is 15.4. The molecular weight excluding hydrogens is 306 g/mol. The molecule has 0 atom stereocenters. The average Bonchev–Trinajstić information content (AvgIpc) is 2.61. The molecule has 114 valence electrons. The van der Waals surface area contributed by atoms with Crippen molar-refractivity contribution in [2.24, 2.45) is 0 Å². The first-order valence-electron chi connectivity index (χ1n) is 7.13. The van der Waals surface area contributed by atoms with E-state index in [9.17, 15) is 8.78 Å². The van der Waals surface area contributed by atoms with Gasteiger partial charge in [0.25, 0.3) is 0 Å². The summed E-state index contributed by atoms with van der Waals surface area (Å²) in [5.41, 5.74) is 1.22. The van der Waals surface area contributed by atoms with Gasteiger partial charge in [-0.25, -0.2) is 8.78 Å². The van der Waals surface area contributed by atoms with Gasteiger partial charge in [-0.2, -0.15) is 10.5 Å². The van der Waals surface area contributed by atoms with Crippen LogP contribution in [0.1, 0.15) is 11.1 Å². The minimum Gasteiger partial charge on any atom is -0.206 e. The quantitative estimate of drug-likeness (QED) is 0.665. The van der Waals surface area contributed by atoms with Crippen molar-refractivity contribution in [2.75, 3.05) is 0 Å². The van der Waals surface area contributed by atoms with Crippen molar-refractivity contribution in [3.05, 3.63) is 83.4 Å². The van der Waals surface area contributed by atoms with E-state index in [-0.39, 0.29) is 22.3 Å². The summed E-state index contributed by atoms with van der Waals surface area (Å²) in [6, 6.07) is 19.2. The molecule has 0 spiro atoms. The molecule has 4 heteroatoms. The molecule has 0 heterocycles. The van der Waals surface area contributed by atoms with Crippen LogP contribution in [0.4, 0.5) is 8.78 Å². The third kappa shape index (κ3) is 2.62. The van der Waals surface area contributed by atoms with E-state index < -0.39 is 11.6 Å². The van der Waals surface area contributed by atoms with Crippen LogP contribution in [-0.4, -0.2) is 0 Å². The third-order valence-corrected chi connectivity index (χ3v) is 3.72. The van der Waals surface area contributed by atoms with Gasteiger partial charge in [0.2, 0.25) is 0 Å². The fraction of sp³-hybridized carbons (Fsp3) is 0. The monoisotopic (exact) mass is 316 g/mol. The first-order chi connectivity index (χ1) is 11.7. The maximum atomic E-state index is 14.6. The maximum absolute atomic E-state index is 14.6. The normalized spacial score (nSPS) is 10.0. The van der Waals surface area contributed by atoms with E-state index in [1.807, 2.05) is 12.1 Å². The van der Waals surface area contributed by atoms with Gasteiger partial charge >= 0.3 is 0 Å². The largest absolute Gasteiger partial charge is 0.206 e. The Morgan fingerprint density at radius 1 is 0.667 bits per heavy atom. The lowest BCUT2D eigenvalue weighted by atomic mass is 9.94. The Labute approximate surface area is 137 Å². The van der Waals surface area contributed by atoms with Gasteiger partial charge in [-0.3, -0.25) is 0 Å². The second-order valence-electron chi connectivity index (χ2n) is 5.13. The Morgan fingerprint density at radius 3 is 1.67 bits per heavy atom. The van der Waals surface area contributed by atoms with E-state index in [0.717, 1.165) is 0 Å². The van der Waals surface area contributed by atoms with Gasteiger partial charge in [0.1, 0.15) is 11.6 Å². The SMILES string of the molecule is N#Cc1ccccc1-c1cc(F)c(-c2ccccc2C#N)c(F)c1. The maximum Gasteiger partial charge on any atom is 0.134 e. The van der Waals surface area contributed by atoms with Gasteiger partial charge in [-0.15, -0.1) is 0 Å². The molecule has 0 bridgehead atoms. The summed E-state index contributed by atoms with van der Waals surface area (Å²) in [4.78, 5) is 0. The zero-order valence-electron chi connectivity index (χ0n) is 12.4. The van der Waals surface area contributed by atoms with E-state index in [0.29, 0.717) is 11.1 Å². The molecule has 3 rings (SSSR count). The summed E-state index contributed by atoms with van der Waals surface area (Å²) in [5, 5.41) is 18.3. The third-order valence-electron chi connectivity index (χ3n) is 3.72. The van der Waals surface area contributed by atoms with Crippen molar-refractivity contribution in [1.29, 1.82) is 10.5 Å². The summed E-state index contributed by atoms with van der Waals surface area (Å²) < 4.78 is 29.2. The zero-order valence-corrected chi connectivity index (χ0v) is 12.4. The molecule has 0 radical (unpaired) electrons. The van der Waals surface area contributed by atoms with E-state index in [2.05, 4.69) is 0 Å². The van der Waals surface area contributed by atoms with Gasteiger partial charge in [0.05, 0.1) is 28.8 Å². The lowest BCUT2D eigenvalue weighted by Gasteiger charge is -2.11. The van der Waals surface area contributed by atoms with Crippen LogP contribution in [0, 0.1) is 34.3 Å². The summed E-state index contributed by atoms with van der Waals surface area (Å²) in [6.45, 7) is 0. The molecule has 0 aliphatic carbocycles. The van der Waals surface area contributed by atoms with Crippen molar-refractivity contribution >= 4 is 0 Å². The summed E-state index contributed by atoms with van der Waals surface area (Å²) in [7, 11) is 0. The molecule has 0 saturated carbocycles. The minimum absolute atomic E-state index is 0.195. The highest BCUT2D eigenvalue weighted by molar-refractivity contribution is 5.77. The number of hydrogen-bond donors (Lipinski definition) is 0. The van der Waals surface area contributed by atoms with Crippen LogP contribution in [0.2, 0.25) is 0 Å². The molecule has 0 aliphatic heterocycles. The van der Waals surface area contributed by atoms with Crippen LogP contribution in [0.5, 0.6) is 0 Å². The van der Waals surface area contributed by atoms with E-state index >= 15 is 0 Å². The minimum atomic E-state index is -0.777. The van der Waals surface area contributed by atoms with Crippen molar-refractivity contribution < 1.29 is 8.78 Å². The second-order valence-corrected chi connectivity index (χ2v) is 5.13. The number of rotatable bonds is 2. The van der Waals surface area contributed by atoms with Crippen molar-refractivity contribution in [1.82, 2.24) is 0 Å². The Kier molecular flexibility index (Phi) is 4.05. The smallest absolute Gasteiger partial charge is 0.134 e. The number of benzene rings is 3. The number of nitrogens with zero attached hydrogens (tertiary/aromatic N) is 2. The topological polar surface area (TPSA) is 47.6 Å². The summed E-state index contributed by atoms with van der Waals surface area (Å²) in [5.74, 6) is -1.55. The van der Waals surface area contributed by atoms with Crippen LogP contribution in [-0.2, 0) is 0 Å². The van der Waals surface area contributed by atoms with Gasteiger partial charge < -0.3 is 0 Å². The van der Waals surface area contributed by atoms with E-state index in [1.165, 1.54) is 24.3 Å². The van der Waals surface area contributed by atoms with Crippen LogP contribution >= 0.6 is 0 Å². The van der Waals surface area contributed by atoms with Crippen LogP contribution < -0.4 is 0 Å². The lowest BCUT2D eigenvalue weighted by molar-refractivity contribution is 0.590. The van der Waals surface area contributed by atoms with Crippen LogP contribution in [0.15, 0.2) is 60.7 Å². The molecule has 3 aromatic carbocycles. The standard InChI is InChI=1S/C20H10F2N2/c21-18-9-15(16-7-3-1-5-13(16)11-23)10-19(22)20(18)17-8-4-2-6-14(17)12-24/h1-10H. The Bertz CT molecular complexity index is 988. The lowest BCUT2D eigenvalue weighted by Crippen LogP contribution is -1.95. The van der Waals surface area contributed by atoms with Crippen LogP contribution in [0.3, 0.4) is 0 Å². The molecule has 0 aromatic heterocycles. The highest BCUT2D eigenvalue weighted by atomic mass is 19.1. The number of halogens is 2. The number of hydrogen-bond acceptors (Lipinski definition) is 2. The molecule has 0 unspecified atom stereocenters. The molecular formula is C20H10F2N2. The average molecular weight is 316 g/mol. The fourth-order valence-electron chi connectivity index (χ4n) is 2.62. The molecule has 0 N–H and O–H groups in total. The summed E-state index contributed by atoms with van der Waals surface area (Å²) in [6.07, 6.45) is 0. The van der Waals surface area contributed by atoms with Crippen molar-refractivity contribution in [3.8, 4) is 34.4 Å². The highest BCUT2D eigenvalue weighted by Crippen LogP contribution is 2.33. The highest BCUT2D eigenvalue weighted by Gasteiger charge is 2.17. The Balaban J connectivity index is 2.21. The second kappa shape index (κ2) is 6.32. The molecule has 0 amide bonds. The zero-order chi connectivity index (χ0) is 17.1. The molecule has 0 fully saturated rings. The molecule has 0 aliphatic rings. The summed E-state index contributed by atoms with van der Waals surface area (Å²) >= 11 is 0. The van der Waals surface area contributed by atoms with Crippen LogP contribution in [0.25, 0.3) is 22.3 Å². The van der Waals surface area contributed by atoms with Crippen molar-refractivity contribution in [2.45, 2.75) is 0 Å². The Morgan fingerprint density at radius 2 is 1.12 bits per heavy atom. The van der Waals surface area contributed by atoms with Gasteiger partial charge in [0, 0.05) is 5.56 Å².